The van der Waals surface area contributed by atoms with E-state index in [0.717, 1.165) is 25.2 Å². The number of ether oxygens (including phenoxy) is 1. The Morgan fingerprint density at radius 3 is 2.10 bits per heavy atom. The molecule has 0 radical (unpaired) electrons. The molecule has 0 spiro atoms. The van der Waals surface area contributed by atoms with Gasteiger partial charge in [0, 0.05) is 6.42 Å². The van der Waals surface area contributed by atoms with Crippen molar-refractivity contribution < 1.29 is 9.53 Å². The van der Waals surface area contributed by atoms with Crippen LogP contribution in [0.4, 0.5) is 0 Å². The topological polar surface area (TPSA) is 26.3 Å². The minimum absolute atomic E-state index is 0.0183. The molecule has 0 amide bonds. The smallest absolute Gasteiger partial charge is 0.306 e. The second-order valence-corrected chi connectivity index (χ2v) is 7.95. The second kappa shape index (κ2) is 7.47. The number of hydrogen-bond acceptors (Lipinski definition) is 2. The minimum atomic E-state index is 0.0183. The third-order valence-corrected chi connectivity index (χ3v) is 5.09. The van der Waals surface area contributed by atoms with Gasteiger partial charge < -0.3 is 4.74 Å². The van der Waals surface area contributed by atoms with Crippen molar-refractivity contribution >= 4 is 5.97 Å². The highest BCUT2D eigenvalue weighted by atomic mass is 16.5. The predicted molar refractivity (Wildman–Crippen MR) is 84.5 cm³/mol. The Morgan fingerprint density at radius 1 is 1.15 bits per heavy atom. The van der Waals surface area contributed by atoms with Gasteiger partial charge in [0.05, 0.1) is 0 Å². The van der Waals surface area contributed by atoms with E-state index in [4.69, 9.17) is 4.74 Å². The first kappa shape index (κ1) is 17.5. The van der Waals surface area contributed by atoms with Crippen molar-refractivity contribution in [2.24, 2.45) is 23.2 Å². The molecule has 0 N–H and O–H groups in total. The van der Waals surface area contributed by atoms with Crippen LogP contribution in [0, 0.1) is 23.2 Å². The summed E-state index contributed by atoms with van der Waals surface area (Å²) in [6, 6.07) is 0. The lowest BCUT2D eigenvalue weighted by atomic mass is 9.72. The average Bonchev–Trinajstić information content (AvgIpc) is 2.35. The van der Waals surface area contributed by atoms with Crippen LogP contribution in [0.15, 0.2) is 0 Å². The summed E-state index contributed by atoms with van der Waals surface area (Å²) < 4.78 is 5.70. The van der Waals surface area contributed by atoms with Gasteiger partial charge in [-0.05, 0) is 48.9 Å². The first-order chi connectivity index (χ1) is 9.24. The Morgan fingerprint density at radius 2 is 1.70 bits per heavy atom. The maximum atomic E-state index is 12.0. The van der Waals surface area contributed by atoms with Crippen molar-refractivity contribution in [3.8, 4) is 0 Å². The number of esters is 1. The summed E-state index contributed by atoms with van der Waals surface area (Å²) in [5.74, 6) is 1.82. The Kier molecular flexibility index (Phi) is 6.54. The molecular weight excluding hydrogens is 248 g/mol. The summed E-state index contributed by atoms with van der Waals surface area (Å²) in [6.45, 7) is 13.5. The van der Waals surface area contributed by atoms with Gasteiger partial charge in [0.25, 0.3) is 0 Å². The highest BCUT2D eigenvalue weighted by Crippen LogP contribution is 2.38. The van der Waals surface area contributed by atoms with Crippen LogP contribution in [-0.2, 0) is 9.53 Å². The molecule has 0 aromatic heterocycles. The molecule has 0 aromatic carbocycles. The summed E-state index contributed by atoms with van der Waals surface area (Å²) in [7, 11) is 0. The van der Waals surface area contributed by atoms with Crippen molar-refractivity contribution in [3.63, 3.8) is 0 Å². The van der Waals surface area contributed by atoms with E-state index in [9.17, 15) is 4.79 Å². The number of rotatable bonds is 5. The zero-order valence-corrected chi connectivity index (χ0v) is 14.4. The predicted octanol–water partition coefficient (Wildman–Crippen LogP) is 5.21. The molecule has 2 heteroatoms. The van der Waals surface area contributed by atoms with Gasteiger partial charge in [-0.15, -0.1) is 0 Å². The van der Waals surface area contributed by atoms with E-state index in [1.54, 1.807) is 0 Å². The molecule has 2 nitrogen and oxygen atoms in total. The van der Waals surface area contributed by atoms with E-state index in [-0.39, 0.29) is 12.1 Å². The number of carbonyl (C=O) groups is 1. The molecular formula is C18H34O2. The van der Waals surface area contributed by atoms with Crippen molar-refractivity contribution in [2.45, 2.75) is 86.2 Å². The third-order valence-electron chi connectivity index (χ3n) is 5.09. The second-order valence-electron chi connectivity index (χ2n) is 7.95. The Bertz CT molecular complexity index is 293. The molecule has 0 heterocycles. The zero-order valence-electron chi connectivity index (χ0n) is 14.4. The van der Waals surface area contributed by atoms with E-state index in [1.165, 1.54) is 12.8 Å². The molecule has 1 aliphatic rings. The largest absolute Gasteiger partial charge is 0.462 e. The van der Waals surface area contributed by atoms with Crippen LogP contribution < -0.4 is 0 Å². The van der Waals surface area contributed by atoms with E-state index in [1.807, 2.05) is 0 Å². The van der Waals surface area contributed by atoms with Gasteiger partial charge >= 0.3 is 5.97 Å². The number of hydrogen-bond donors (Lipinski definition) is 0. The normalized spacial score (nSPS) is 25.6. The van der Waals surface area contributed by atoms with Crippen LogP contribution >= 0.6 is 0 Å². The Hall–Kier alpha value is -0.530. The zero-order chi connectivity index (χ0) is 15.3. The maximum Gasteiger partial charge on any atom is 0.306 e. The van der Waals surface area contributed by atoms with Gasteiger partial charge in [-0.1, -0.05) is 48.0 Å². The van der Waals surface area contributed by atoms with E-state index in [0.29, 0.717) is 23.7 Å². The Balaban J connectivity index is 2.35. The first-order valence-corrected chi connectivity index (χ1v) is 8.43. The average molecular weight is 282 g/mol. The van der Waals surface area contributed by atoms with Gasteiger partial charge in [-0.25, -0.2) is 0 Å². The van der Waals surface area contributed by atoms with Crippen molar-refractivity contribution in [1.82, 2.24) is 0 Å². The van der Waals surface area contributed by atoms with Crippen molar-refractivity contribution in [3.05, 3.63) is 0 Å². The van der Waals surface area contributed by atoms with Gasteiger partial charge in [0.2, 0.25) is 0 Å². The van der Waals surface area contributed by atoms with Gasteiger partial charge in [-0.2, -0.15) is 0 Å². The summed E-state index contributed by atoms with van der Waals surface area (Å²) in [4.78, 5) is 12.0. The fourth-order valence-corrected chi connectivity index (χ4v) is 3.35. The molecule has 20 heavy (non-hydrogen) atoms. The lowest BCUT2D eigenvalue weighted by Crippen LogP contribution is -2.31. The lowest BCUT2D eigenvalue weighted by Gasteiger charge is -2.36. The quantitative estimate of drug-likeness (QED) is 0.647. The third kappa shape index (κ3) is 5.46. The fraction of sp³-hybridized carbons (Fsp3) is 0.944. The van der Waals surface area contributed by atoms with E-state index >= 15 is 0 Å². The monoisotopic (exact) mass is 282 g/mol. The SMILES string of the molecule is CCC(CC(=O)OC1CCC(C(C)(C)C)CC1)C(C)C. The van der Waals surface area contributed by atoms with Crippen LogP contribution in [0.3, 0.4) is 0 Å². The van der Waals surface area contributed by atoms with Crippen LogP contribution in [0.25, 0.3) is 0 Å². The summed E-state index contributed by atoms with van der Waals surface area (Å²) in [5.41, 5.74) is 0.389. The molecule has 1 saturated carbocycles. The molecule has 1 rings (SSSR count). The minimum Gasteiger partial charge on any atom is -0.462 e. The summed E-state index contributed by atoms with van der Waals surface area (Å²) in [5, 5.41) is 0. The van der Waals surface area contributed by atoms with Crippen LogP contribution in [0.2, 0.25) is 0 Å². The standard InChI is InChI=1S/C18H34O2/c1-7-14(13(2)3)12-17(19)20-16-10-8-15(9-11-16)18(4,5)6/h13-16H,7-12H2,1-6H3. The summed E-state index contributed by atoms with van der Waals surface area (Å²) in [6.07, 6.45) is 6.31. The lowest BCUT2D eigenvalue weighted by molar-refractivity contribution is -0.153. The van der Waals surface area contributed by atoms with E-state index in [2.05, 4.69) is 41.5 Å². The van der Waals surface area contributed by atoms with Crippen molar-refractivity contribution in [1.29, 1.82) is 0 Å². The fourth-order valence-electron chi connectivity index (χ4n) is 3.35. The van der Waals surface area contributed by atoms with E-state index < -0.39 is 0 Å². The van der Waals surface area contributed by atoms with Crippen LogP contribution in [0.5, 0.6) is 0 Å². The molecule has 0 bridgehead atoms. The molecule has 0 saturated heterocycles. The maximum absolute atomic E-state index is 12.0. The molecule has 1 atom stereocenters. The molecule has 118 valence electrons. The van der Waals surface area contributed by atoms with Crippen LogP contribution in [-0.4, -0.2) is 12.1 Å². The molecule has 0 aromatic rings. The van der Waals surface area contributed by atoms with Gasteiger partial charge in [0.15, 0.2) is 0 Å². The summed E-state index contributed by atoms with van der Waals surface area (Å²) >= 11 is 0. The molecule has 1 unspecified atom stereocenters. The highest BCUT2D eigenvalue weighted by Gasteiger charge is 2.31. The van der Waals surface area contributed by atoms with Crippen molar-refractivity contribution in [2.75, 3.05) is 0 Å². The van der Waals surface area contributed by atoms with Crippen LogP contribution in [0.1, 0.15) is 80.1 Å². The molecule has 1 fully saturated rings. The first-order valence-electron chi connectivity index (χ1n) is 8.43. The highest BCUT2D eigenvalue weighted by molar-refractivity contribution is 5.69. The molecule has 0 aliphatic heterocycles. The Labute approximate surface area is 125 Å². The van der Waals surface area contributed by atoms with Gasteiger partial charge in [0.1, 0.15) is 6.10 Å². The van der Waals surface area contributed by atoms with Gasteiger partial charge in [-0.3, -0.25) is 4.79 Å². The molecule has 1 aliphatic carbocycles. The number of carbonyl (C=O) groups excluding carboxylic acids is 1.